The van der Waals surface area contributed by atoms with Crippen molar-refractivity contribution in [2.75, 3.05) is 13.1 Å². The second-order valence-electron chi connectivity index (χ2n) is 6.18. The zero-order chi connectivity index (χ0) is 15.3. The molecule has 3 rings (SSSR count). The van der Waals surface area contributed by atoms with Crippen molar-refractivity contribution in [1.82, 2.24) is 9.62 Å². The molecule has 0 unspecified atom stereocenters. The fourth-order valence-electron chi connectivity index (χ4n) is 3.14. The zero-order valence-electron chi connectivity index (χ0n) is 12.3. The lowest BCUT2D eigenvalue weighted by atomic mass is 10.0. The lowest BCUT2D eigenvalue weighted by Crippen LogP contribution is -2.63. The molecular formula is C15H20N2O3S. The molecule has 0 bridgehead atoms. The maximum absolute atomic E-state index is 12.9. The highest BCUT2D eigenvalue weighted by molar-refractivity contribution is 7.89. The van der Waals surface area contributed by atoms with Gasteiger partial charge in [0.15, 0.2) is 0 Å². The van der Waals surface area contributed by atoms with Crippen molar-refractivity contribution in [3.63, 3.8) is 0 Å². The van der Waals surface area contributed by atoms with Gasteiger partial charge in [0, 0.05) is 13.1 Å². The van der Waals surface area contributed by atoms with Crippen molar-refractivity contribution in [1.29, 1.82) is 0 Å². The van der Waals surface area contributed by atoms with Gasteiger partial charge in [-0.15, -0.1) is 0 Å². The van der Waals surface area contributed by atoms with Gasteiger partial charge in [-0.05, 0) is 56.4 Å². The van der Waals surface area contributed by atoms with Gasteiger partial charge in [0.05, 0.1) is 4.90 Å². The van der Waals surface area contributed by atoms with Crippen LogP contribution in [0.4, 0.5) is 0 Å². The minimum absolute atomic E-state index is 0.251. The number of piperazine rings is 1. The van der Waals surface area contributed by atoms with Crippen molar-refractivity contribution in [2.45, 2.75) is 43.5 Å². The average molecular weight is 308 g/mol. The van der Waals surface area contributed by atoms with Gasteiger partial charge >= 0.3 is 0 Å². The number of sulfonamides is 1. The molecule has 21 heavy (non-hydrogen) atoms. The van der Waals surface area contributed by atoms with Crippen LogP contribution in [0.5, 0.6) is 0 Å². The molecule has 114 valence electrons. The van der Waals surface area contributed by atoms with Gasteiger partial charge in [-0.2, -0.15) is 4.31 Å². The van der Waals surface area contributed by atoms with E-state index < -0.39 is 15.6 Å². The molecule has 0 radical (unpaired) electrons. The van der Waals surface area contributed by atoms with Crippen LogP contribution in [0, 0.1) is 0 Å². The van der Waals surface area contributed by atoms with Crippen molar-refractivity contribution in [2.24, 2.45) is 0 Å². The maximum atomic E-state index is 12.9. The van der Waals surface area contributed by atoms with Crippen molar-refractivity contribution in [3.8, 4) is 0 Å². The lowest BCUT2D eigenvalue weighted by molar-refractivity contribution is -0.131. The number of hydrogen-bond donors (Lipinski definition) is 1. The quantitative estimate of drug-likeness (QED) is 0.889. The molecule has 0 spiro atoms. The van der Waals surface area contributed by atoms with Crippen LogP contribution in [0.3, 0.4) is 0 Å². The third-order valence-corrected chi connectivity index (χ3v) is 6.51. The number of nitrogens with one attached hydrogen (secondary N) is 1. The minimum atomic E-state index is -3.65. The largest absolute Gasteiger partial charge is 0.353 e. The van der Waals surface area contributed by atoms with Crippen molar-refractivity contribution < 1.29 is 13.2 Å². The number of aryl methyl sites for hydroxylation is 2. The second kappa shape index (κ2) is 4.81. The number of benzene rings is 1. The standard InChI is InChI=1S/C15H20N2O3S/c1-15(2)14(18)16-8-9-17(15)21(19,20)13-7-6-11-4-3-5-12(11)10-13/h6-7,10H,3-5,8-9H2,1-2H3,(H,16,18). The highest BCUT2D eigenvalue weighted by Crippen LogP contribution is 2.30. The first kappa shape index (κ1) is 14.5. The molecule has 1 fully saturated rings. The number of fused-ring (bicyclic) bond motifs is 1. The van der Waals surface area contributed by atoms with E-state index in [1.807, 2.05) is 6.07 Å². The Morgan fingerprint density at radius 2 is 1.90 bits per heavy atom. The molecule has 1 aromatic carbocycles. The van der Waals surface area contributed by atoms with E-state index in [9.17, 15) is 13.2 Å². The molecule has 0 atom stereocenters. The normalized spacial score (nSPS) is 21.9. The van der Waals surface area contributed by atoms with Gasteiger partial charge < -0.3 is 5.32 Å². The van der Waals surface area contributed by atoms with E-state index in [-0.39, 0.29) is 5.91 Å². The number of hydrogen-bond acceptors (Lipinski definition) is 3. The Labute approximate surface area is 125 Å². The lowest BCUT2D eigenvalue weighted by Gasteiger charge is -2.39. The number of nitrogens with zero attached hydrogens (tertiary/aromatic N) is 1. The van der Waals surface area contributed by atoms with E-state index in [2.05, 4.69) is 5.32 Å². The van der Waals surface area contributed by atoms with Gasteiger partial charge in [0.2, 0.25) is 15.9 Å². The average Bonchev–Trinajstić information content (AvgIpc) is 2.88. The van der Waals surface area contributed by atoms with E-state index in [0.717, 1.165) is 24.8 Å². The Kier molecular flexibility index (Phi) is 3.33. The number of rotatable bonds is 2. The number of carbonyl (C=O) groups excluding carboxylic acids is 1. The molecular weight excluding hydrogens is 288 g/mol. The summed E-state index contributed by atoms with van der Waals surface area (Å²) >= 11 is 0. The summed E-state index contributed by atoms with van der Waals surface area (Å²) in [5.41, 5.74) is 1.30. The van der Waals surface area contributed by atoms with Crippen LogP contribution in [-0.4, -0.2) is 37.3 Å². The predicted molar refractivity (Wildman–Crippen MR) is 79.4 cm³/mol. The molecule has 0 saturated carbocycles. The fraction of sp³-hybridized carbons (Fsp3) is 0.533. The topological polar surface area (TPSA) is 66.5 Å². The monoisotopic (exact) mass is 308 g/mol. The van der Waals surface area contributed by atoms with E-state index in [1.54, 1.807) is 26.0 Å². The Morgan fingerprint density at radius 3 is 2.67 bits per heavy atom. The first-order valence-corrected chi connectivity index (χ1v) is 8.70. The summed E-state index contributed by atoms with van der Waals surface area (Å²) in [5.74, 6) is -0.251. The molecule has 6 heteroatoms. The highest BCUT2D eigenvalue weighted by atomic mass is 32.2. The van der Waals surface area contributed by atoms with E-state index in [0.29, 0.717) is 18.0 Å². The zero-order valence-corrected chi connectivity index (χ0v) is 13.2. The van der Waals surface area contributed by atoms with Crippen molar-refractivity contribution in [3.05, 3.63) is 29.3 Å². The van der Waals surface area contributed by atoms with Crippen LogP contribution < -0.4 is 5.32 Å². The molecule has 1 aromatic rings. The summed E-state index contributed by atoms with van der Waals surface area (Å²) in [4.78, 5) is 12.3. The summed E-state index contributed by atoms with van der Waals surface area (Å²) in [6.45, 7) is 3.95. The number of carbonyl (C=O) groups is 1. The van der Waals surface area contributed by atoms with Gasteiger partial charge in [0.25, 0.3) is 0 Å². The predicted octanol–water partition coefficient (Wildman–Crippen LogP) is 1.07. The molecule has 1 aliphatic carbocycles. The first-order chi connectivity index (χ1) is 9.83. The molecule has 1 aliphatic heterocycles. The second-order valence-corrected chi connectivity index (χ2v) is 8.04. The third-order valence-electron chi connectivity index (χ3n) is 4.44. The van der Waals surface area contributed by atoms with Gasteiger partial charge in [-0.3, -0.25) is 4.79 Å². The molecule has 1 amide bonds. The van der Waals surface area contributed by atoms with E-state index >= 15 is 0 Å². The molecule has 1 N–H and O–H groups in total. The van der Waals surface area contributed by atoms with Gasteiger partial charge in [0.1, 0.15) is 5.54 Å². The summed E-state index contributed by atoms with van der Waals surface area (Å²) in [6, 6.07) is 5.36. The molecule has 2 aliphatic rings. The Hall–Kier alpha value is -1.40. The maximum Gasteiger partial charge on any atom is 0.244 e. The summed E-state index contributed by atoms with van der Waals surface area (Å²) < 4.78 is 27.1. The van der Waals surface area contributed by atoms with E-state index in [4.69, 9.17) is 0 Å². The van der Waals surface area contributed by atoms with Crippen LogP contribution in [0.15, 0.2) is 23.1 Å². The smallest absolute Gasteiger partial charge is 0.244 e. The third kappa shape index (κ3) is 2.26. The molecule has 0 aromatic heterocycles. The van der Waals surface area contributed by atoms with Gasteiger partial charge in [-0.25, -0.2) is 8.42 Å². The molecule has 5 nitrogen and oxygen atoms in total. The Balaban J connectivity index is 2.02. The van der Waals surface area contributed by atoms with Crippen LogP contribution in [0.2, 0.25) is 0 Å². The van der Waals surface area contributed by atoms with Crippen LogP contribution in [0.25, 0.3) is 0 Å². The first-order valence-electron chi connectivity index (χ1n) is 7.26. The Morgan fingerprint density at radius 1 is 1.19 bits per heavy atom. The van der Waals surface area contributed by atoms with E-state index in [1.165, 1.54) is 9.87 Å². The summed E-state index contributed by atoms with van der Waals surface area (Å²) in [7, 11) is -3.65. The SMILES string of the molecule is CC1(C)C(=O)NCCN1S(=O)(=O)c1ccc2c(c1)CCC2. The van der Waals surface area contributed by atoms with Crippen molar-refractivity contribution >= 4 is 15.9 Å². The molecule has 1 saturated heterocycles. The summed E-state index contributed by atoms with van der Waals surface area (Å²) in [5, 5.41) is 2.72. The van der Waals surface area contributed by atoms with Crippen LogP contribution >= 0.6 is 0 Å². The highest BCUT2D eigenvalue weighted by Gasteiger charge is 2.44. The number of amides is 1. The Bertz CT molecular complexity index is 695. The fourth-order valence-corrected chi connectivity index (χ4v) is 4.94. The molecule has 1 heterocycles. The van der Waals surface area contributed by atoms with Crippen LogP contribution in [0.1, 0.15) is 31.4 Å². The minimum Gasteiger partial charge on any atom is -0.353 e. The summed E-state index contributed by atoms with van der Waals surface area (Å²) in [6.07, 6.45) is 3.03. The van der Waals surface area contributed by atoms with Crippen LogP contribution in [-0.2, 0) is 27.7 Å². The van der Waals surface area contributed by atoms with Gasteiger partial charge in [-0.1, -0.05) is 6.07 Å².